The van der Waals surface area contributed by atoms with Crippen molar-refractivity contribution in [2.75, 3.05) is 38.5 Å². The van der Waals surface area contributed by atoms with Crippen LogP contribution < -0.4 is 0 Å². The van der Waals surface area contributed by atoms with Crippen LogP contribution in [0, 0.1) is 0 Å². The molecule has 0 bridgehead atoms. The fraction of sp³-hybridized carbons (Fsp3) is 0.529. The largest absolute Gasteiger partial charge is 0.361 e. The average molecular weight is 335 g/mol. The number of hydrogen-bond donors (Lipinski definition) is 1. The number of nitrogens with one attached hydrogen (secondary N) is 1. The Morgan fingerprint density at radius 1 is 1.13 bits per heavy atom. The van der Waals surface area contributed by atoms with E-state index in [1.807, 2.05) is 13.0 Å². The van der Waals surface area contributed by atoms with Crippen molar-refractivity contribution in [2.45, 2.75) is 19.8 Å². The summed E-state index contributed by atoms with van der Waals surface area (Å²) in [6.45, 7) is 5.78. The number of aromatic amines is 1. The van der Waals surface area contributed by atoms with Gasteiger partial charge in [-0.3, -0.25) is 0 Å². The van der Waals surface area contributed by atoms with Crippen LogP contribution in [0.15, 0.2) is 30.5 Å². The third-order valence-corrected chi connectivity index (χ3v) is 6.64. The monoisotopic (exact) mass is 335 g/mol. The van der Waals surface area contributed by atoms with Crippen LogP contribution in [0.2, 0.25) is 0 Å². The van der Waals surface area contributed by atoms with E-state index in [2.05, 4.69) is 34.3 Å². The Morgan fingerprint density at radius 2 is 1.87 bits per heavy atom. The second kappa shape index (κ2) is 7.03. The molecule has 126 valence electrons. The van der Waals surface area contributed by atoms with Crippen molar-refractivity contribution < 1.29 is 8.42 Å². The highest BCUT2D eigenvalue weighted by atomic mass is 32.2. The lowest BCUT2D eigenvalue weighted by Crippen LogP contribution is -2.49. The zero-order valence-electron chi connectivity index (χ0n) is 13.7. The minimum absolute atomic E-state index is 0.266. The van der Waals surface area contributed by atoms with Crippen LogP contribution >= 0.6 is 0 Å². The van der Waals surface area contributed by atoms with Crippen molar-refractivity contribution in [3.8, 4) is 0 Å². The quantitative estimate of drug-likeness (QED) is 0.879. The topological polar surface area (TPSA) is 56.4 Å². The number of nitrogens with zero attached hydrogens (tertiary/aromatic N) is 2. The third kappa shape index (κ3) is 3.76. The second-order valence-electron chi connectivity index (χ2n) is 6.17. The van der Waals surface area contributed by atoms with Crippen molar-refractivity contribution >= 4 is 20.9 Å². The van der Waals surface area contributed by atoms with Crippen molar-refractivity contribution in [2.24, 2.45) is 0 Å². The van der Waals surface area contributed by atoms with Gasteiger partial charge < -0.3 is 9.88 Å². The average Bonchev–Trinajstić information content (AvgIpc) is 2.96. The van der Waals surface area contributed by atoms with Crippen molar-refractivity contribution in [1.29, 1.82) is 0 Å². The maximum absolute atomic E-state index is 12.1. The predicted molar refractivity (Wildman–Crippen MR) is 94.1 cm³/mol. The molecule has 1 fully saturated rings. The summed E-state index contributed by atoms with van der Waals surface area (Å²) in [5.41, 5.74) is 2.51. The molecule has 5 nitrogen and oxygen atoms in total. The third-order valence-electron chi connectivity index (χ3n) is 4.56. The smallest absolute Gasteiger partial charge is 0.214 e. The molecule has 6 heteroatoms. The van der Waals surface area contributed by atoms with Gasteiger partial charge >= 0.3 is 0 Å². The molecule has 2 aromatic rings. The van der Waals surface area contributed by atoms with Crippen LogP contribution in [0.25, 0.3) is 10.9 Å². The zero-order chi connectivity index (χ0) is 16.3. The normalized spacial score (nSPS) is 17.8. The molecule has 1 saturated heterocycles. The first-order valence-corrected chi connectivity index (χ1v) is 9.96. The lowest BCUT2D eigenvalue weighted by atomic mass is 10.1. The molecule has 0 saturated carbocycles. The molecule has 1 aliphatic rings. The Morgan fingerprint density at radius 3 is 2.61 bits per heavy atom. The van der Waals surface area contributed by atoms with Gasteiger partial charge in [-0.05, 0) is 24.5 Å². The Hall–Kier alpha value is -1.37. The number of aromatic nitrogens is 1. The summed E-state index contributed by atoms with van der Waals surface area (Å²) < 4.78 is 25.8. The number of hydrogen-bond acceptors (Lipinski definition) is 3. The number of benzene rings is 1. The summed E-state index contributed by atoms with van der Waals surface area (Å²) in [6, 6.07) is 8.35. The Kier molecular flexibility index (Phi) is 5.04. The molecule has 1 aromatic carbocycles. The van der Waals surface area contributed by atoms with E-state index >= 15 is 0 Å². The molecule has 0 radical (unpaired) electrons. The van der Waals surface area contributed by atoms with E-state index in [4.69, 9.17) is 0 Å². The maximum atomic E-state index is 12.1. The maximum Gasteiger partial charge on any atom is 0.214 e. The van der Waals surface area contributed by atoms with E-state index in [0.29, 0.717) is 19.5 Å². The predicted octanol–water partition coefficient (Wildman–Crippen LogP) is 2.07. The lowest BCUT2D eigenvalue weighted by molar-refractivity contribution is 0.190. The molecule has 0 unspecified atom stereocenters. The second-order valence-corrected chi connectivity index (χ2v) is 8.25. The van der Waals surface area contributed by atoms with Crippen molar-refractivity contribution in [1.82, 2.24) is 14.2 Å². The Bertz CT molecular complexity index is 746. The van der Waals surface area contributed by atoms with Crippen LogP contribution in [0.5, 0.6) is 0 Å². The summed E-state index contributed by atoms with van der Waals surface area (Å²) in [7, 11) is -3.04. The number of H-pyrrole nitrogens is 1. The highest BCUT2D eigenvalue weighted by Crippen LogP contribution is 2.18. The van der Waals surface area contributed by atoms with Gasteiger partial charge in [-0.2, -0.15) is 4.31 Å². The van der Waals surface area contributed by atoms with E-state index in [9.17, 15) is 8.42 Å². The fourth-order valence-corrected chi connectivity index (χ4v) is 4.73. The number of sulfonamides is 1. The van der Waals surface area contributed by atoms with Crippen LogP contribution in [0.4, 0.5) is 0 Å². The highest BCUT2D eigenvalue weighted by molar-refractivity contribution is 7.89. The van der Waals surface area contributed by atoms with Gasteiger partial charge in [0.25, 0.3) is 0 Å². The summed E-state index contributed by atoms with van der Waals surface area (Å²) in [4.78, 5) is 5.67. The van der Waals surface area contributed by atoms with E-state index in [0.717, 1.165) is 26.1 Å². The first-order chi connectivity index (χ1) is 11.1. The molecule has 3 rings (SSSR count). The van der Waals surface area contributed by atoms with Crippen LogP contribution in [0.3, 0.4) is 0 Å². The molecule has 23 heavy (non-hydrogen) atoms. The lowest BCUT2D eigenvalue weighted by Gasteiger charge is -2.33. The highest BCUT2D eigenvalue weighted by Gasteiger charge is 2.25. The molecule has 0 spiro atoms. The molecule has 1 N–H and O–H groups in total. The van der Waals surface area contributed by atoms with Gasteiger partial charge in [0.2, 0.25) is 10.0 Å². The van der Waals surface area contributed by atoms with Crippen molar-refractivity contribution in [3.05, 3.63) is 36.0 Å². The van der Waals surface area contributed by atoms with Gasteiger partial charge in [-0.1, -0.05) is 25.1 Å². The minimum atomic E-state index is -3.04. The van der Waals surface area contributed by atoms with Crippen molar-refractivity contribution in [3.63, 3.8) is 0 Å². The molecule has 0 aliphatic carbocycles. The van der Waals surface area contributed by atoms with Gasteiger partial charge in [0, 0.05) is 49.8 Å². The van der Waals surface area contributed by atoms with E-state index < -0.39 is 10.0 Å². The Balaban J connectivity index is 1.53. The number of piperazine rings is 1. The molecular weight excluding hydrogens is 310 g/mol. The van der Waals surface area contributed by atoms with Crippen LogP contribution in [-0.4, -0.2) is 61.1 Å². The van der Waals surface area contributed by atoms with Gasteiger partial charge in [0.1, 0.15) is 0 Å². The van der Waals surface area contributed by atoms with Crippen LogP contribution in [0.1, 0.15) is 18.9 Å². The summed E-state index contributed by atoms with van der Waals surface area (Å²) in [5.74, 6) is 0.266. The first-order valence-electron chi connectivity index (χ1n) is 8.35. The molecule has 2 heterocycles. The summed E-state index contributed by atoms with van der Waals surface area (Å²) >= 11 is 0. The van der Waals surface area contributed by atoms with E-state index in [1.54, 1.807) is 4.31 Å². The number of fused-ring (bicyclic) bond motifs is 1. The van der Waals surface area contributed by atoms with Gasteiger partial charge in [-0.15, -0.1) is 0 Å². The van der Waals surface area contributed by atoms with Gasteiger partial charge in [0.15, 0.2) is 0 Å². The summed E-state index contributed by atoms with van der Waals surface area (Å²) in [5, 5.41) is 1.29. The number of para-hydroxylation sites is 1. The zero-order valence-corrected chi connectivity index (χ0v) is 14.5. The molecule has 1 aliphatic heterocycles. The van der Waals surface area contributed by atoms with E-state index in [-0.39, 0.29) is 5.75 Å². The van der Waals surface area contributed by atoms with Gasteiger partial charge in [0.05, 0.1) is 5.75 Å². The number of rotatable bonds is 6. The van der Waals surface area contributed by atoms with E-state index in [1.165, 1.54) is 16.5 Å². The standard InChI is InChI=1S/C17H25N3O2S/c1-2-13-23(21,22)20-11-9-19(10-12-20)8-7-15-14-18-17-6-4-3-5-16(15)17/h3-6,14,18H,2,7-13H2,1H3. The fourth-order valence-electron chi connectivity index (χ4n) is 3.24. The first kappa shape index (κ1) is 16.5. The SMILES string of the molecule is CCCS(=O)(=O)N1CCN(CCc2c[nH]c3ccccc23)CC1. The Labute approximate surface area is 138 Å². The van der Waals surface area contributed by atoms with Crippen LogP contribution in [-0.2, 0) is 16.4 Å². The molecule has 0 amide bonds. The molecule has 0 atom stereocenters. The molecule has 1 aromatic heterocycles. The van der Waals surface area contributed by atoms with Gasteiger partial charge in [-0.25, -0.2) is 8.42 Å². The summed E-state index contributed by atoms with van der Waals surface area (Å²) in [6.07, 6.45) is 3.77. The molecular formula is C17H25N3O2S. The minimum Gasteiger partial charge on any atom is -0.361 e.